The number of likely N-dealkylation sites (tertiary alicyclic amines) is 1. The molecule has 1 aromatic carbocycles. The van der Waals surface area contributed by atoms with E-state index in [1.54, 1.807) is 0 Å². The summed E-state index contributed by atoms with van der Waals surface area (Å²) in [6.07, 6.45) is 6.59. The van der Waals surface area contributed by atoms with Crippen molar-refractivity contribution in [2.24, 2.45) is 0 Å². The van der Waals surface area contributed by atoms with E-state index in [4.69, 9.17) is 14.7 Å². The molecule has 4 aliphatic rings. The number of amides is 1. The molecule has 0 saturated carbocycles. The largest absolute Gasteiger partial charge is 0.462 e. The molecule has 3 aliphatic heterocycles. The summed E-state index contributed by atoms with van der Waals surface area (Å²) in [4.78, 5) is 30.6. The number of halogens is 1. The van der Waals surface area contributed by atoms with E-state index in [9.17, 15) is 14.4 Å². The number of rotatable bonds is 7. The molecule has 9 nitrogen and oxygen atoms in total. The van der Waals surface area contributed by atoms with E-state index in [0.717, 1.165) is 62.3 Å². The van der Waals surface area contributed by atoms with Crippen LogP contribution in [0.2, 0.25) is 0 Å². The van der Waals surface area contributed by atoms with Crippen LogP contribution in [0.25, 0.3) is 0 Å². The lowest BCUT2D eigenvalue weighted by Gasteiger charge is -2.42. The van der Waals surface area contributed by atoms with Gasteiger partial charge in [-0.2, -0.15) is 15.2 Å². The van der Waals surface area contributed by atoms with Crippen LogP contribution in [-0.2, 0) is 30.6 Å². The Bertz CT molecular complexity index is 1370. The summed E-state index contributed by atoms with van der Waals surface area (Å²) in [5, 5.41) is 9.47. The maximum Gasteiger partial charge on any atom is 0.318 e. The molecule has 10 heteroatoms. The summed E-state index contributed by atoms with van der Waals surface area (Å²) in [7, 11) is 2.12. The Hall–Kier alpha value is -3.71. The van der Waals surface area contributed by atoms with Gasteiger partial charge in [-0.1, -0.05) is 18.7 Å². The Morgan fingerprint density at radius 2 is 1.98 bits per heavy atom. The lowest BCUT2D eigenvalue weighted by Crippen LogP contribution is -2.55. The highest BCUT2D eigenvalue weighted by Crippen LogP contribution is 2.36. The highest BCUT2D eigenvalue weighted by atomic mass is 19.1. The zero-order chi connectivity index (χ0) is 28.5. The number of piperazine rings is 1. The van der Waals surface area contributed by atoms with Crippen LogP contribution in [-0.4, -0.2) is 84.1 Å². The molecule has 0 bridgehead atoms. The zero-order valence-electron chi connectivity index (χ0n) is 23.8. The first-order chi connectivity index (χ1) is 19.9. The van der Waals surface area contributed by atoms with Crippen molar-refractivity contribution in [3.05, 3.63) is 53.0 Å². The van der Waals surface area contributed by atoms with Gasteiger partial charge < -0.3 is 24.3 Å². The normalized spacial score (nSPS) is 22.3. The Morgan fingerprint density at radius 1 is 1.10 bits per heavy atom. The molecule has 2 aromatic rings. The van der Waals surface area contributed by atoms with Gasteiger partial charge in [0.25, 0.3) is 5.91 Å². The van der Waals surface area contributed by atoms with Gasteiger partial charge in [0.15, 0.2) is 5.83 Å². The predicted molar refractivity (Wildman–Crippen MR) is 155 cm³/mol. The van der Waals surface area contributed by atoms with Crippen LogP contribution >= 0.6 is 0 Å². The van der Waals surface area contributed by atoms with Gasteiger partial charge in [-0.15, -0.1) is 0 Å². The van der Waals surface area contributed by atoms with E-state index in [-0.39, 0.29) is 13.0 Å². The Kier molecular flexibility index (Phi) is 7.80. The molecule has 0 spiro atoms. The van der Waals surface area contributed by atoms with Gasteiger partial charge in [-0.25, -0.2) is 4.39 Å². The van der Waals surface area contributed by atoms with Gasteiger partial charge in [-0.3, -0.25) is 4.79 Å². The molecule has 6 rings (SSSR count). The average molecular weight is 560 g/mol. The number of aromatic nitrogens is 2. The van der Waals surface area contributed by atoms with Crippen molar-refractivity contribution in [2.45, 2.75) is 63.6 Å². The van der Waals surface area contributed by atoms with E-state index in [0.29, 0.717) is 38.3 Å². The predicted octanol–water partition coefficient (Wildman–Crippen LogP) is 3.42. The number of ether oxygens (including phenoxy) is 1. The van der Waals surface area contributed by atoms with Crippen LogP contribution in [0.3, 0.4) is 0 Å². The number of benzene rings is 1. The maximum atomic E-state index is 13.8. The number of hydrogen-bond donors (Lipinski definition) is 0. The Balaban J connectivity index is 1.31. The second-order valence-corrected chi connectivity index (χ2v) is 11.6. The molecule has 0 N–H and O–H groups in total. The quantitative estimate of drug-likeness (QED) is 0.477. The van der Waals surface area contributed by atoms with Crippen LogP contribution in [0.5, 0.6) is 6.01 Å². The summed E-state index contributed by atoms with van der Waals surface area (Å²) >= 11 is 0. The van der Waals surface area contributed by atoms with Crippen LogP contribution in [0, 0.1) is 11.3 Å². The number of fused-ring (bicyclic) bond motifs is 2. The van der Waals surface area contributed by atoms with E-state index in [2.05, 4.69) is 52.6 Å². The van der Waals surface area contributed by atoms with Crippen molar-refractivity contribution in [1.29, 1.82) is 5.26 Å². The van der Waals surface area contributed by atoms with Gasteiger partial charge in [0.2, 0.25) is 0 Å². The highest BCUT2D eigenvalue weighted by Gasteiger charge is 2.35. The Labute approximate surface area is 241 Å². The second-order valence-electron chi connectivity index (χ2n) is 11.6. The summed E-state index contributed by atoms with van der Waals surface area (Å²) in [5.41, 5.74) is 6.26. The summed E-state index contributed by atoms with van der Waals surface area (Å²) in [6.45, 7) is 7.46. The molecule has 4 heterocycles. The second kappa shape index (κ2) is 11.6. The van der Waals surface area contributed by atoms with Crippen LogP contribution in [0.15, 0.2) is 30.6 Å². The molecule has 216 valence electrons. The van der Waals surface area contributed by atoms with Crippen molar-refractivity contribution in [3.8, 4) is 12.1 Å². The van der Waals surface area contributed by atoms with Gasteiger partial charge in [0.05, 0.1) is 30.8 Å². The lowest BCUT2D eigenvalue weighted by atomic mass is 10.0. The average Bonchev–Trinajstić information content (AvgIpc) is 3.63. The monoisotopic (exact) mass is 559 g/mol. The molecule has 2 fully saturated rings. The number of aryl methyl sites for hydroxylation is 1. The van der Waals surface area contributed by atoms with E-state index in [1.165, 1.54) is 28.1 Å². The molecule has 41 heavy (non-hydrogen) atoms. The lowest BCUT2D eigenvalue weighted by molar-refractivity contribution is -0.131. The van der Waals surface area contributed by atoms with E-state index < -0.39 is 17.8 Å². The first kappa shape index (κ1) is 27.5. The smallest absolute Gasteiger partial charge is 0.318 e. The first-order valence-electron chi connectivity index (χ1n) is 14.8. The number of nitrogens with zero attached hydrogens (tertiary/aromatic N) is 7. The standard InChI is InChI=1S/C31H38FN7O2/c1-21(32)30(40)39-17-16-38(18-23(39)11-13-33)29-26-12-15-37(28-10-4-7-22-6-3-9-25(22)28)19-27(26)34-31(35-29)41-20-24-8-5-14-36(24)2/h4,7,10,23-24H,1,3,5-6,8-9,11-12,14-20H2,2H3/t23-,24-/m0/s1. The van der Waals surface area contributed by atoms with Crippen molar-refractivity contribution < 1.29 is 13.9 Å². The topological polar surface area (TPSA) is 88.8 Å². The molecule has 2 atom stereocenters. The van der Waals surface area contributed by atoms with Gasteiger partial charge in [-0.05, 0) is 69.3 Å². The molecule has 0 unspecified atom stereocenters. The van der Waals surface area contributed by atoms with Crippen LogP contribution in [0.1, 0.15) is 48.1 Å². The fraction of sp³-hybridized carbons (Fsp3) is 0.548. The minimum atomic E-state index is -0.999. The number of anilines is 2. The minimum absolute atomic E-state index is 0.104. The molecular weight excluding hydrogens is 521 g/mol. The van der Waals surface area contributed by atoms with Crippen molar-refractivity contribution in [3.63, 3.8) is 0 Å². The van der Waals surface area contributed by atoms with Gasteiger partial charge >= 0.3 is 6.01 Å². The molecule has 0 radical (unpaired) electrons. The number of nitriles is 1. The fourth-order valence-electron chi connectivity index (χ4n) is 6.93. The number of hydrogen-bond acceptors (Lipinski definition) is 8. The maximum absolute atomic E-state index is 13.8. The fourth-order valence-corrected chi connectivity index (χ4v) is 6.93. The van der Waals surface area contributed by atoms with Crippen LogP contribution in [0.4, 0.5) is 15.9 Å². The third-order valence-electron chi connectivity index (χ3n) is 9.16. The number of likely N-dealkylation sites (N-methyl/N-ethyl adjacent to an activating group) is 1. The van der Waals surface area contributed by atoms with Crippen LogP contribution < -0.4 is 14.5 Å². The first-order valence-corrected chi connectivity index (χ1v) is 14.8. The van der Waals surface area contributed by atoms with E-state index in [1.807, 2.05) is 0 Å². The van der Waals surface area contributed by atoms with Gasteiger partial charge in [0.1, 0.15) is 12.4 Å². The molecular formula is C31H38FN7O2. The molecule has 1 aromatic heterocycles. The summed E-state index contributed by atoms with van der Waals surface area (Å²) < 4.78 is 20.0. The van der Waals surface area contributed by atoms with Crippen molar-refractivity contribution in [2.75, 3.05) is 56.2 Å². The van der Waals surface area contributed by atoms with Gasteiger partial charge in [0, 0.05) is 43.5 Å². The minimum Gasteiger partial charge on any atom is -0.462 e. The van der Waals surface area contributed by atoms with Crippen molar-refractivity contribution in [1.82, 2.24) is 19.8 Å². The third kappa shape index (κ3) is 5.47. The highest BCUT2D eigenvalue weighted by molar-refractivity contribution is 5.91. The number of carbonyl (C=O) groups is 1. The van der Waals surface area contributed by atoms with E-state index >= 15 is 0 Å². The molecule has 1 amide bonds. The summed E-state index contributed by atoms with van der Waals surface area (Å²) in [5.74, 6) is -0.942. The van der Waals surface area contributed by atoms with Crippen molar-refractivity contribution >= 4 is 17.4 Å². The SMILES string of the molecule is C=C(F)C(=O)N1CCN(c2nc(OC[C@@H]3CCCN3C)nc3c2CCN(c2cccc4c2CCC4)C3)C[C@@H]1CC#N. The molecule has 2 saturated heterocycles. The Morgan fingerprint density at radius 3 is 2.76 bits per heavy atom. The number of carbonyl (C=O) groups excluding carboxylic acids is 1. The zero-order valence-corrected chi connectivity index (χ0v) is 23.8. The molecule has 1 aliphatic carbocycles. The third-order valence-corrected chi connectivity index (χ3v) is 9.16. The summed E-state index contributed by atoms with van der Waals surface area (Å²) in [6, 6.07) is 9.05.